The summed E-state index contributed by atoms with van der Waals surface area (Å²) in [6, 6.07) is 17.7. The maximum absolute atomic E-state index is 2.45. The van der Waals surface area contributed by atoms with Crippen LogP contribution in [0, 0.1) is 0 Å². The Bertz CT molecular complexity index is 655. The van der Waals surface area contributed by atoms with E-state index in [2.05, 4.69) is 60.7 Å². The summed E-state index contributed by atoms with van der Waals surface area (Å²) in [5.41, 5.74) is 5.95. The smallest absolute Gasteiger partial charge is 1.00 e. The molecule has 4 rings (SSSR count). The molecule has 0 aliphatic heterocycles. The molecule has 0 atom stereocenters. The third-order valence-corrected chi connectivity index (χ3v) is 7.01. The van der Waals surface area contributed by atoms with E-state index in [0.717, 1.165) is 0 Å². The third-order valence-electron chi connectivity index (χ3n) is 3.85. The Balaban J connectivity index is 0.000000807. The third kappa shape index (κ3) is 3.42. The number of fused-ring (bicyclic) bond motifs is 2. The van der Waals surface area contributed by atoms with Crippen molar-refractivity contribution >= 4 is 12.2 Å². The van der Waals surface area contributed by atoms with Crippen LogP contribution >= 0.6 is 0 Å². The van der Waals surface area contributed by atoms with Gasteiger partial charge in [-0.3, -0.25) is 0 Å². The zero-order chi connectivity index (χ0) is 12.7. The molecule has 3 heteroatoms. The number of hydrogen-bond donors (Lipinski definition) is 0. The predicted molar refractivity (Wildman–Crippen MR) is 76.2 cm³/mol. The Morgan fingerprint density at radius 1 is 0.619 bits per heavy atom. The molecule has 2 aliphatic rings. The van der Waals surface area contributed by atoms with Crippen LogP contribution in [-0.4, -0.2) is 0 Å². The van der Waals surface area contributed by atoms with Gasteiger partial charge in [-0.05, 0) is 0 Å². The fourth-order valence-corrected chi connectivity index (χ4v) is 6.43. The maximum atomic E-state index is 2.45. The molecule has 0 N–H and O–H groups in total. The summed E-state index contributed by atoms with van der Waals surface area (Å²) in [6.45, 7) is 0. The van der Waals surface area contributed by atoms with Gasteiger partial charge in [0, 0.05) is 0 Å². The van der Waals surface area contributed by atoms with Crippen LogP contribution in [0.2, 0.25) is 0 Å². The Kier molecular flexibility index (Phi) is 5.66. The van der Waals surface area contributed by atoms with E-state index in [-0.39, 0.29) is 24.8 Å². The first-order valence-electron chi connectivity index (χ1n) is 6.72. The van der Waals surface area contributed by atoms with Gasteiger partial charge < -0.3 is 24.8 Å². The largest absolute Gasteiger partial charge is 1.00 e. The molecule has 2 aromatic carbocycles. The minimum Gasteiger partial charge on any atom is -1.00 e. The van der Waals surface area contributed by atoms with E-state index in [0.29, 0.717) is 0 Å². The molecule has 0 fully saturated rings. The normalized spacial score (nSPS) is 13.9. The van der Waals surface area contributed by atoms with Crippen molar-refractivity contribution in [3.63, 3.8) is 0 Å². The van der Waals surface area contributed by atoms with Gasteiger partial charge in [0.25, 0.3) is 0 Å². The molecule has 0 unspecified atom stereocenters. The Morgan fingerprint density at radius 2 is 1.05 bits per heavy atom. The number of halogens is 2. The molecule has 104 valence electrons. The quantitative estimate of drug-likeness (QED) is 0.570. The zero-order valence-corrected chi connectivity index (χ0v) is 15.4. The van der Waals surface area contributed by atoms with Gasteiger partial charge in [-0.1, -0.05) is 0 Å². The molecule has 0 aromatic heterocycles. The second kappa shape index (κ2) is 7.10. The van der Waals surface area contributed by atoms with Crippen molar-refractivity contribution in [3.05, 3.63) is 77.3 Å². The van der Waals surface area contributed by atoms with Crippen LogP contribution in [0.15, 0.2) is 55.1 Å². The Hall–Kier alpha value is -0.617. The van der Waals surface area contributed by atoms with Crippen molar-refractivity contribution in [1.82, 2.24) is 0 Å². The van der Waals surface area contributed by atoms with E-state index < -0.39 is 23.2 Å². The van der Waals surface area contributed by atoms with Gasteiger partial charge in [0.2, 0.25) is 0 Å². The van der Waals surface area contributed by atoms with Gasteiger partial charge in [-0.25, -0.2) is 0 Å². The molecule has 0 heterocycles. The van der Waals surface area contributed by atoms with Crippen LogP contribution in [0.5, 0.6) is 0 Å². The van der Waals surface area contributed by atoms with Gasteiger partial charge in [0.15, 0.2) is 0 Å². The molecule has 0 bridgehead atoms. The second-order valence-corrected chi connectivity index (χ2v) is 8.99. The molecule has 0 saturated heterocycles. The van der Waals surface area contributed by atoms with Crippen LogP contribution in [0.3, 0.4) is 0 Å². The van der Waals surface area contributed by atoms with Crippen LogP contribution in [0.4, 0.5) is 0 Å². The van der Waals surface area contributed by atoms with Gasteiger partial charge in [0.05, 0.1) is 0 Å². The second-order valence-electron chi connectivity index (χ2n) is 5.22. The van der Waals surface area contributed by atoms with E-state index in [4.69, 9.17) is 0 Å². The molecule has 0 radical (unpaired) electrons. The molecule has 0 nitrogen and oxygen atoms in total. The van der Waals surface area contributed by atoms with E-state index in [1.165, 1.54) is 35.1 Å². The van der Waals surface area contributed by atoms with E-state index in [1.807, 2.05) is 0 Å². The molecule has 0 saturated carbocycles. The molecular weight excluding hydrogens is 378 g/mol. The SMILES string of the molecule is C1=[C]([Zr+2][C]2=Cc3ccccc3C2)Cc2ccccc21.[Cl-].[Cl-]. The molecule has 21 heavy (non-hydrogen) atoms. The van der Waals surface area contributed by atoms with Crippen molar-refractivity contribution in [2.24, 2.45) is 0 Å². The molecule has 2 aromatic rings. The minimum atomic E-state index is -0.548. The molecular formula is C18H14Cl2Zr. The topological polar surface area (TPSA) is 0 Å². The van der Waals surface area contributed by atoms with Crippen molar-refractivity contribution in [1.29, 1.82) is 0 Å². The van der Waals surface area contributed by atoms with E-state index >= 15 is 0 Å². The summed E-state index contributed by atoms with van der Waals surface area (Å²) in [6.07, 6.45) is 7.31. The van der Waals surface area contributed by atoms with Crippen LogP contribution in [-0.2, 0) is 36.1 Å². The number of hydrogen-bond acceptors (Lipinski definition) is 0. The summed E-state index contributed by atoms with van der Waals surface area (Å²) in [5, 5.41) is 0. The van der Waals surface area contributed by atoms with Gasteiger partial charge in [-0.2, -0.15) is 0 Å². The molecule has 2 aliphatic carbocycles. The summed E-state index contributed by atoms with van der Waals surface area (Å²) >= 11 is -0.548. The summed E-state index contributed by atoms with van der Waals surface area (Å²) < 4.78 is 3.45. The van der Waals surface area contributed by atoms with Crippen molar-refractivity contribution in [2.75, 3.05) is 0 Å². The average molecular weight is 392 g/mol. The van der Waals surface area contributed by atoms with Crippen LogP contribution in [0.25, 0.3) is 12.2 Å². The Morgan fingerprint density at radius 3 is 1.48 bits per heavy atom. The van der Waals surface area contributed by atoms with Gasteiger partial charge in [-0.15, -0.1) is 0 Å². The monoisotopic (exact) mass is 390 g/mol. The number of allylic oxidation sites excluding steroid dienone is 2. The van der Waals surface area contributed by atoms with Crippen molar-refractivity contribution < 1.29 is 48.0 Å². The summed E-state index contributed by atoms with van der Waals surface area (Å²) in [4.78, 5) is 0. The fourth-order valence-electron chi connectivity index (χ4n) is 2.93. The summed E-state index contributed by atoms with van der Waals surface area (Å²) in [5.74, 6) is 0. The van der Waals surface area contributed by atoms with Gasteiger partial charge >= 0.3 is 126 Å². The van der Waals surface area contributed by atoms with E-state index in [1.54, 1.807) is 6.56 Å². The summed E-state index contributed by atoms with van der Waals surface area (Å²) in [7, 11) is 0. The van der Waals surface area contributed by atoms with Crippen molar-refractivity contribution in [3.8, 4) is 0 Å². The number of rotatable bonds is 2. The minimum absolute atomic E-state index is 0. The zero-order valence-electron chi connectivity index (χ0n) is 11.4. The number of benzene rings is 2. The van der Waals surface area contributed by atoms with Crippen LogP contribution < -0.4 is 24.8 Å². The van der Waals surface area contributed by atoms with Crippen molar-refractivity contribution in [2.45, 2.75) is 12.8 Å². The first-order chi connectivity index (χ1) is 9.38. The van der Waals surface area contributed by atoms with Gasteiger partial charge in [0.1, 0.15) is 0 Å². The fraction of sp³-hybridized carbons (Fsp3) is 0.111. The first-order valence-corrected chi connectivity index (χ1v) is 9.18. The average Bonchev–Trinajstić information content (AvgIpc) is 3.00. The van der Waals surface area contributed by atoms with E-state index in [9.17, 15) is 0 Å². The predicted octanol–water partition coefficient (Wildman–Crippen LogP) is -1.73. The maximum Gasteiger partial charge on any atom is -1.00 e. The molecule has 0 amide bonds. The Labute approximate surface area is 149 Å². The standard InChI is InChI=1S/2C9H7.2ClH.Zr/c2*1-2-5-9-7-3-6-8(9)4-1;;;/h2*1-2,4-6H,7H2;2*1H;/q;;;;+2/p-2. The van der Waals surface area contributed by atoms with Crippen LogP contribution in [0.1, 0.15) is 22.3 Å². The molecule has 0 spiro atoms. The first kappa shape index (κ1) is 16.7.